The summed E-state index contributed by atoms with van der Waals surface area (Å²) in [5.74, 6) is -0.644. The van der Waals surface area contributed by atoms with Gasteiger partial charge in [0.25, 0.3) is 11.8 Å². The molecule has 178 valence electrons. The van der Waals surface area contributed by atoms with E-state index in [0.717, 1.165) is 21.5 Å². The van der Waals surface area contributed by atoms with Crippen LogP contribution in [0.3, 0.4) is 0 Å². The summed E-state index contributed by atoms with van der Waals surface area (Å²) < 4.78 is 0. The van der Waals surface area contributed by atoms with Crippen molar-refractivity contribution in [3.8, 4) is 0 Å². The minimum absolute atomic E-state index is 0.134. The molecule has 0 radical (unpaired) electrons. The largest absolute Gasteiger partial charge is 0.340 e. The molecule has 0 aliphatic carbocycles. The minimum Gasteiger partial charge on any atom is -0.340 e. The van der Waals surface area contributed by atoms with Gasteiger partial charge in [0.15, 0.2) is 5.65 Å². The molecule has 1 atom stereocenters. The second-order valence-corrected chi connectivity index (χ2v) is 9.49. The molecule has 1 aliphatic heterocycles. The van der Waals surface area contributed by atoms with E-state index in [4.69, 9.17) is 0 Å². The zero-order chi connectivity index (χ0) is 24.4. The average molecular weight is 489 g/mol. The summed E-state index contributed by atoms with van der Waals surface area (Å²) in [5, 5.41) is 13.1. The monoisotopic (exact) mass is 488 g/mol. The molecule has 35 heavy (non-hydrogen) atoms. The molecular weight excluding hydrogens is 464 g/mol. The first-order chi connectivity index (χ1) is 17.0. The Morgan fingerprint density at radius 3 is 2.77 bits per heavy atom. The lowest BCUT2D eigenvalue weighted by molar-refractivity contribution is -0.134. The maximum absolute atomic E-state index is 13.3. The molecule has 10 heteroatoms. The van der Waals surface area contributed by atoms with E-state index >= 15 is 0 Å². The van der Waals surface area contributed by atoms with Gasteiger partial charge in [-0.1, -0.05) is 25.1 Å². The van der Waals surface area contributed by atoms with Crippen LogP contribution in [0.4, 0.5) is 5.69 Å². The number of hydrogen-bond acceptors (Lipinski definition) is 6. The molecule has 3 N–H and O–H groups in total. The van der Waals surface area contributed by atoms with Crippen LogP contribution in [0, 0.1) is 0 Å². The van der Waals surface area contributed by atoms with E-state index in [2.05, 4.69) is 25.8 Å². The lowest BCUT2D eigenvalue weighted by Crippen LogP contribution is -2.49. The Balaban J connectivity index is 1.24. The van der Waals surface area contributed by atoms with Gasteiger partial charge in [0, 0.05) is 35.2 Å². The summed E-state index contributed by atoms with van der Waals surface area (Å²) in [4.78, 5) is 46.4. The molecule has 3 aromatic heterocycles. The summed E-state index contributed by atoms with van der Waals surface area (Å²) in [7, 11) is 0. The molecule has 4 heterocycles. The Kier molecular flexibility index (Phi) is 6.28. The van der Waals surface area contributed by atoms with Gasteiger partial charge in [0.1, 0.15) is 6.04 Å². The highest BCUT2D eigenvalue weighted by Gasteiger charge is 2.29. The number of nitrogens with one attached hydrogen (secondary N) is 3. The van der Waals surface area contributed by atoms with Crippen LogP contribution >= 0.6 is 11.3 Å². The van der Waals surface area contributed by atoms with E-state index in [-0.39, 0.29) is 17.7 Å². The van der Waals surface area contributed by atoms with Crippen LogP contribution in [0.1, 0.15) is 43.8 Å². The molecule has 3 amide bonds. The number of H-pyrrole nitrogens is 1. The molecule has 1 aromatic carbocycles. The van der Waals surface area contributed by atoms with Gasteiger partial charge in [0.2, 0.25) is 5.91 Å². The third-order valence-electron chi connectivity index (χ3n) is 6.00. The van der Waals surface area contributed by atoms with Gasteiger partial charge >= 0.3 is 0 Å². The standard InChI is InChI=1S/C25H24N6O3S/c1-2-19(29-23(32)16-10-15-13-27-30-22(15)26-12-16)25(34)31-9-8-20-17(14-31)11-21(35-20)24(33)28-18-6-4-3-5-7-18/h3-7,10-13,19H,2,8-9,14H2,1H3,(H,28,33)(H,29,32)(H,26,27,30)/t19-/m1/s1. The summed E-state index contributed by atoms with van der Waals surface area (Å²) in [5.41, 5.74) is 2.69. The van der Waals surface area contributed by atoms with Crippen LogP contribution < -0.4 is 10.6 Å². The Hall–Kier alpha value is -4.05. The van der Waals surface area contributed by atoms with E-state index < -0.39 is 6.04 Å². The first-order valence-electron chi connectivity index (χ1n) is 11.4. The predicted molar refractivity (Wildman–Crippen MR) is 133 cm³/mol. The van der Waals surface area contributed by atoms with Gasteiger partial charge in [-0.25, -0.2) is 4.98 Å². The number of para-hydroxylation sites is 1. The van der Waals surface area contributed by atoms with Gasteiger partial charge in [-0.2, -0.15) is 5.10 Å². The fraction of sp³-hybridized carbons (Fsp3) is 0.240. The molecule has 1 aliphatic rings. The third kappa shape index (κ3) is 4.78. The number of carbonyl (C=O) groups excluding carboxylic acids is 3. The van der Waals surface area contributed by atoms with E-state index in [1.807, 2.05) is 43.3 Å². The number of fused-ring (bicyclic) bond motifs is 2. The Morgan fingerprint density at radius 2 is 1.97 bits per heavy atom. The number of thiophene rings is 1. The van der Waals surface area contributed by atoms with Gasteiger partial charge in [-0.05, 0) is 42.7 Å². The summed E-state index contributed by atoms with van der Waals surface area (Å²) in [6.07, 6.45) is 4.20. The molecule has 0 saturated carbocycles. The van der Waals surface area contributed by atoms with Crippen molar-refractivity contribution in [2.75, 3.05) is 11.9 Å². The fourth-order valence-electron chi connectivity index (χ4n) is 4.11. The minimum atomic E-state index is -0.649. The van der Waals surface area contributed by atoms with Crippen LogP contribution in [0.15, 0.2) is 54.9 Å². The van der Waals surface area contributed by atoms with Gasteiger partial charge < -0.3 is 15.5 Å². The molecular formula is C25H24N6O3S. The molecule has 5 rings (SSSR count). The zero-order valence-corrected chi connectivity index (χ0v) is 19.9. The Bertz CT molecular complexity index is 1400. The summed E-state index contributed by atoms with van der Waals surface area (Å²) >= 11 is 1.47. The number of aromatic amines is 1. The van der Waals surface area contributed by atoms with E-state index in [9.17, 15) is 14.4 Å². The highest BCUT2D eigenvalue weighted by Crippen LogP contribution is 2.29. The number of rotatable bonds is 6. The third-order valence-corrected chi connectivity index (χ3v) is 7.23. The topological polar surface area (TPSA) is 120 Å². The number of nitrogens with zero attached hydrogens (tertiary/aromatic N) is 3. The van der Waals surface area contributed by atoms with Gasteiger partial charge in [-0.3, -0.25) is 19.5 Å². The van der Waals surface area contributed by atoms with Crippen molar-refractivity contribution in [1.82, 2.24) is 25.4 Å². The number of amides is 3. The molecule has 0 fully saturated rings. The molecule has 0 bridgehead atoms. The van der Waals surface area contributed by atoms with Crippen molar-refractivity contribution in [2.24, 2.45) is 0 Å². The molecule has 9 nitrogen and oxygen atoms in total. The number of aromatic nitrogens is 3. The Morgan fingerprint density at radius 1 is 1.14 bits per heavy atom. The first kappa shape index (κ1) is 22.7. The smallest absolute Gasteiger partial charge is 0.265 e. The molecule has 0 spiro atoms. The summed E-state index contributed by atoms with van der Waals surface area (Å²) in [6.45, 7) is 2.82. The number of carbonyl (C=O) groups is 3. The second kappa shape index (κ2) is 9.67. The first-order valence-corrected chi connectivity index (χ1v) is 12.2. The molecule has 0 saturated heterocycles. The molecule has 0 unspecified atom stereocenters. The fourth-order valence-corrected chi connectivity index (χ4v) is 5.17. The average Bonchev–Trinajstić information content (AvgIpc) is 3.53. The van der Waals surface area contributed by atoms with Crippen LogP contribution in [0.5, 0.6) is 0 Å². The predicted octanol–water partition coefficient (Wildman–Crippen LogP) is 3.37. The highest BCUT2D eigenvalue weighted by molar-refractivity contribution is 7.14. The number of pyridine rings is 1. The van der Waals surface area contributed by atoms with Crippen LogP contribution in [-0.2, 0) is 17.8 Å². The maximum Gasteiger partial charge on any atom is 0.265 e. The number of benzene rings is 1. The zero-order valence-electron chi connectivity index (χ0n) is 19.1. The second-order valence-electron chi connectivity index (χ2n) is 8.36. The SMILES string of the molecule is CC[C@@H](NC(=O)c1cnc2[nH]ncc2c1)C(=O)N1CCc2sc(C(=O)Nc3ccccc3)cc2C1. The van der Waals surface area contributed by atoms with Crippen molar-refractivity contribution < 1.29 is 14.4 Å². The molecule has 4 aromatic rings. The quantitative estimate of drug-likeness (QED) is 0.384. The van der Waals surface area contributed by atoms with Crippen LogP contribution in [-0.4, -0.2) is 50.4 Å². The number of hydrogen-bond donors (Lipinski definition) is 3. The van der Waals surface area contributed by atoms with Gasteiger partial charge in [-0.15, -0.1) is 11.3 Å². The van der Waals surface area contributed by atoms with Crippen molar-refractivity contribution in [1.29, 1.82) is 0 Å². The van der Waals surface area contributed by atoms with Crippen molar-refractivity contribution >= 4 is 45.8 Å². The van der Waals surface area contributed by atoms with Crippen molar-refractivity contribution in [3.63, 3.8) is 0 Å². The van der Waals surface area contributed by atoms with Gasteiger partial charge in [0.05, 0.1) is 16.6 Å². The van der Waals surface area contributed by atoms with Crippen LogP contribution in [0.25, 0.3) is 11.0 Å². The van der Waals surface area contributed by atoms with Crippen molar-refractivity contribution in [2.45, 2.75) is 32.4 Å². The van der Waals surface area contributed by atoms with Crippen molar-refractivity contribution in [3.05, 3.63) is 75.7 Å². The number of anilines is 1. The highest BCUT2D eigenvalue weighted by atomic mass is 32.1. The Labute approximate surface area is 205 Å². The van der Waals surface area contributed by atoms with E-state index in [1.54, 1.807) is 17.2 Å². The van der Waals surface area contributed by atoms with Crippen LogP contribution in [0.2, 0.25) is 0 Å². The van der Waals surface area contributed by atoms with E-state index in [1.165, 1.54) is 17.5 Å². The maximum atomic E-state index is 13.3. The normalized spacial score (nSPS) is 13.8. The lowest BCUT2D eigenvalue weighted by Gasteiger charge is -2.30. The van der Waals surface area contributed by atoms with E-state index in [0.29, 0.717) is 42.0 Å². The lowest BCUT2D eigenvalue weighted by atomic mass is 10.1. The summed E-state index contributed by atoms with van der Waals surface area (Å²) in [6, 6.07) is 12.2.